The van der Waals surface area contributed by atoms with Gasteiger partial charge in [-0.1, -0.05) is 63.5 Å². The Morgan fingerprint density at radius 2 is 1.24 bits per heavy atom. The summed E-state index contributed by atoms with van der Waals surface area (Å²) in [5, 5.41) is 0. The van der Waals surface area contributed by atoms with Gasteiger partial charge in [-0.05, 0) is 86.8 Å². The zero-order valence-corrected chi connectivity index (χ0v) is 19.9. The minimum absolute atomic E-state index is 0.0456. The molecular formula is C28H39F5. The highest BCUT2D eigenvalue weighted by atomic mass is 19.4. The van der Waals surface area contributed by atoms with Gasteiger partial charge in [-0.2, -0.15) is 13.2 Å². The number of unbranched alkanes of at least 4 members (excludes halogenated alkanes) is 2. The van der Waals surface area contributed by atoms with E-state index in [1.807, 2.05) is 0 Å². The van der Waals surface area contributed by atoms with Crippen molar-refractivity contribution in [3.8, 4) is 0 Å². The molecule has 2 saturated carbocycles. The molecule has 2 fully saturated rings. The lowest BCUT2D eigenvalue weighted by Gasteiger charge is -2.32. The first-order chi connectivity index (χ1) is 15.8. The van der Waals surface area contributed by atoms with Crippen LogP contribution in [0.2, 0.25) is 0 Å². The van der Waals surface area contributed by atoms with Gasteiger partial charge in [-0.3, -0.25) is 0 Å². The molecule has 0 N–H and O–H groups in total. The molecule has 0 unspecified atom stereocenters. The van der Waals surface area contributed by atoms with Gasteiger partial charge in [0.25, 0.3) is 0 Å². The van der Waals surface area contributed by atoms with Crippen LogP contribution in [0.4, 0.5) is 22.0 Å². The maximum Gasteiger partial charge on any atom is 0.422 e. The van der Waals surface area contributed by atoms with Crippen molar-refractivity contribution in [2.24, 2.45) is 17.8 Å². The SMILES string of the molecule is C/C=C/CCCCC1CCC(CCC2CCC(c3cc(F)c(C(F)(F)F)c(F)c3)CC2)CC1. The van der Waals surface area contributed by atoms with E-state index in [1.54, 1.807) is 0 Å². The molecule has 0 aliphatic heterocycles. The Morgan fingerprint density at radius 3 is 1.73 bits per heavy atom. The van der Waals surface area contributed by atoms with E-state index in [2.05, 4.69) is 19.1 Å². The van der Waals surface area contributed by atoms with Gasteiger partial charge in [-0.15, -0.1) is 0 Å². The molecule has 5 heteroatoms. The highest BCUT2D eigenvalue weighted by molar-refractivity contribution is 5.30. The summed E-state index contributed by atoms with van der Waals surface area (Å²) in [4.78, 5) is 0. The van der Waals surface area contributed by atoms with E-state index in [-0.39, 0.29) is 5.92 Å². The van der Waals surface area contributed by atoms with Crippen molar-refractivity contribution in [1.29, 1.82) is 0 Å². The summed E-state index contributed by atoms with van der Waals surface area (Å²) in [6, 6.07) is 1.80. The van der Waals surface area contributed by atoms with Crippen LogP contribution >= 0.6 is 0 Å². The zero-order chi connectivity index (χ0) is 23.8. The Balaban J connectivity index is 1.36. The molecule has 33 heavy (non-hydrogen) atoms. The maximum absolute atomic E-state index is 13.9. The lowest BCUT2D eigenvalue weighted by Crippen LogP contribution is -2.18. The van der Waals surface area contributed by atoms with Crippen molar-refractivity contribution in [3.05, 3.63) is 47.0 Å². The lowest BCUT2D eigenvalue weighted by molar-refractivity contribution is -0.142. The monoisotopic (exact) mass is 470 g/mol. The summed E-state index contributed by atoms with van der Waals surface area (Å²) >= 11 is 0. The van der Waals surface area contributed by atoms with Gasteiger partial charge >= 0.3 is 6.18 Å². The molecule has 0 atom stereocenters. The summed E-state index contributed by atoms with van der Waals surface area (Å²) < 4.78 is 66.3. The smallest absolute Gasteiger partial charge is 0.206 e. The number of allylic oxidation sites excluding steroid dienone is 2. The number of benzene rings is 1. The number of hydrogen-bond donors (Lipinski definition) is 0. The summed E-state index contributed by atoms with van der Waals surface area (Å²) in [5.41, 5.74) is -1.40. The fourth-order valence-corrected chi connectivity index (χ4v) is 6.03. The summed E-state index contributed by atoms with van der Waals surface area (Å²) in [7, 11) is 0. The predicted octanol–water partition coefficient (Wildman–Crippen LogP) is 9.98. The molecule has 3 rings (SSSR count). The number of rotatable bonds is 9. The Bertz CT molecular complexity index is 727. The minimum atomic E-state index is -5.00. The zero-order valence-electron chi connectivity index (χ0n) is 19.9. The van der Waals surface area contributed by atoms with Gasteiger partial charge in [-0.25, -0.2) is 8.78 Å². The standard InChI is InChI=1S/C28H39F5/c1-2-3-4-5-6-7-20-8-10-21(11-9-20)12-13-22-14-16-23(17-15-22)24-18-25(29)27(26(30)19-24)28(31,32)33/h2-3,18-23H,4-17H2,1H3/b3-2+. The van der Waals surface area contributed by atoms with Crippen molar-refractivity contribution in [1.82, 2.24) is 0 Å². The molecule has 2 aliphatic rings. The Hall–Kier alpha value is -1.39. The van der Waals surface area contributed by atoms with Crippen LogP contribution in [0.1, 0.15) is 114 Å². The first-order valence-electron chi connectivity index (χ1n) is 12.9. The summed E-state index contributed by atoms with van der Waals surface area (Å²) in [6.45, 7) is 2.08. The first-order valence-corrected chi connectivity index (χ1v) is 12.9. The third-order valence-electron chi connectivity index (χ3n) is 8.08. The van der Waals surface area contributed by atoms with Gasteiger partial charge in [0.05, 0.1) is 0 Å². The Morgan fingerprint density at radius 1 is 0.758 bits per heavy atom. The van der Waals surface area contributed by atoms with Crippen LogP contribution in [0.25, 0.3) is 0 Å². The highest BCUT2D eigenvalue weighted by Gasteiger charge is 2.38. The molecule has 0 saturated heterocycles. The van der Waals surface area contributed by atoms with Crippen LogP contribution in [0.3, 0.4) is 0 Å². The van der Waals surface area contributed by atoms with Crippen LogP contribution in [0.15, 0.2) is 24.3 Å². The van der Waals surface area contributed by atoms with E-state index in [4.69, 9.17) is 0 Å². The topological polar surface area (TPSA) is 0 Å². The number of halogens is 5. The van der Waals surface area contributed by atoms with Crippen LogP contribution in [0.5, 0.6) is 0 Å². The molecule has 0 spiro atoms. The van der Waals surface area contributed by atoms with Crippen molar-refractivity contribution in [2.75, 3.05) is 0 Å². The van der Waals surface area contributed by atoms with E-state index in [0.717, 1.165) is 49.7 Å². The molecule has 0 amide bonds. The van der Waals surface area contributed by atoms with Crippen molar-refractivity contribution in [3.63, 3.8) is 0 Å². The van der Waals surface area contributed by atoms with Crippen LogP contribution in [0, 0.1) is 29.4 Å². The molecule has 0 heterocycles. The lowest BCUT2D eigenvalue weighted by atomic mass is 9.74. The highest BCUT2D eigenvalue weighted by Crippen LogP contribution is 2.42. The molecular weight excluding hydrogens is 431 g/mol. The van der Waals surface area contributed by atoms with Gasteiger partial charge in [0.1, 0.15) is 17.2 Å². The van der Waals surface area contributed by atoms with Gasteiger partial charge in [0, 0.05) is 0 Å². The molecule has 0 bridgehead atoms. The molecule has 1 aromatic carbocycles. The van der Waals surface area contributed by atoms with Crippen molar-refractivity contribution in [2.45, 2.75) is 109 Å². The van der Waals surface area contributed by atoms with E-state index in [9.17, 15) is 22.0 Å². The average Bonchev–Trinajstić information content (AvgIpc) is 2.77. The van der Waals surface area contributed by atoms with E-state index < -0.39 is 23.4 Å². The largest absolute Gasteiger partial charge is 0.422 e. The van der Waals surface area contributed by atoms with E-state index in [0.29, 0.717) is 11.5 Å². The number of hydrogen-bond acceptors (Lipinski definition) is 0. The molecule has 2 aliphatic carbocycles. The van der Waals surface area contributed by atoms with E-state index >= 15 is 0 Å². The third-order valence-corrected chi connectivity index (χ3v) is 8.08. The van der Waals surface area contributed by atoms with Gasteiger partial charge in [0.2, 0.25) is 0 Å². The quantitative estimate of drug-likeness (QED) is 0.191. The second kappa shape index (κ2) is 12.4. The predicted molar refractivity (Wildman–Crippen MR) is 124 cm³/mol. The van der Waals surface area contributed by atoms with Crippen molar-refractivity contribution < 1.29 is 22.0 Å². The first kappa shape index (κ1) is 26.2. The van der Waals surface area contributed by atoms with Crippen molar-refractivity contribution >= 4 is 0 Å². The molecule has 0 radical (unpaired) electrons. The van der Waals surface area contributed by atoms with Crippen LogP contribution in [-0.2, 0) is 6.18 Å². The third kappa shape index (κ3) is 7.82. The molecule has 186 valence electrons. The molecule has 0 nitrogen and oxygen atoms in total. The Labute approximate surface area is 196 Å². The summed E-state index contributed by atoms with van der Waals surface area (Å²) in [5.74, 6) is -0.654. The fraction of sp³-hybridized carbons (Fsp3) is 0.714. The molecule has 0 aromatic heterocycles. The average molecular weight is 471 g/mol. The fourth-order valence-electron chi connectivity index (χ4n) is 6.03. The second-order valence-corrected chi connectivity index (χ2v) is 10.4. The van der Waals surface area contributed by atoms with Gasteiger partial charge in [0.15, 0.2) is 0 Å². The Kier molecular flexibility index (Phi) is 9.81. The minimum Gasteiger partial charge on any atom is -0.206 e. The second-order valence-electron chi connectivity index (χ2n) is 10.4. The van der Waals surface area contributed by atoms with E-state index in [1.165, 1.54) is 64.2 Å². The normalized spacial score (nSPS) is 26.7. The van der Waals surface area contributed by atoms with Crippen LogP contribution < -0.4 is 0 Å². The van der Waals surface area contributed by atoms with Crippen LogP contribution in [-0.4, -0.2) is 0 Å². The molecule has 1 aromatic rings. The maximum atomic E-state index is 13.9. The number of alkyl halides is 3. The van der Waals surface area contributed by atoms with Gasteiger partial charge < -0.3 is 0 Å². The summed E-state index contributed by atoms with van der Waals surface area (Å²) in [6.07, 6.45) is 16.1.